The molecule has 0 radical (unpaired) electrons. The zero-order valence-electron chi connectivity index (χ0n) is 8.96. The predicted molar refractivity (Wildman–Crippen MR) is 55.6 cm³/mol. The van der Waals surface area contributed by atoms with E-state index < -0.39 is 0 Å². The van der Waals surface area contributed by atoms with Crippen molar-refractivity contribution < 1.29 is 4.79 Å². The number of hydrogen-bond donors (Lipinski definition) is 0. The third kappa shape index (κ3) is 3.50. The van der Waals surface area contributed by atoms with Gasteiger partial charge in [-0.05, 0) is 24.7 Å². The summed E-state index contributed by atoms with van der Waals surface area (Å²) in [7, 11) is 0. The van der Waals surface area contributed by atoms with Crippen LogP contribution in [0.2, 0.25) is 0 Å². The molecule has 0 spiro atoms. The summed E-state index contributed by atoms with van der Waals surface area (Å²) in [6.45, 7) is 4.33. The second-order valence-corrected chi connectivity index (χ2v) is 4.66. The van der Waals surface area contributed by atoms with Gasteiger partial charge >= 0.3 is 0 Å². The largest absolute Gasteiger partial charge is 0.303 e. The van der Waals surface area contributed by atoms with Crippen LogP contribution in [0.3, 0.4) is 0 Å². The molecule has 1 rings (SSSR count). The van der Waals surface area contributed by atoms with Crippen molar-refractivity contribution in [3.63, 3.8) is 0 Å². The van der Waals surface area contributed by atoms with Crippen molar-refractivity contribution in [1.29, 1.82) is 0 Å². The number of hydrogen-bond acceptors (Lipinski definition) is 1. The van der Waals surface area contributed by atoms with Crippen molar-refractivity contribution in [2.75, 3.05) is 0 Å². The summed E-state index contributed by atoms with van der Waals surface area (Å²) >= 11 is 0. The van der Waals surface area contributed by atoms with Gasteiger partial charge in [0.15, 0.2) is 0 Å². The van der Waals surface area contributed by atoms with E-state index in [1.807, 2.05) is 6.92 Å². The van der Waals surface area contributed by atoms with Gasteiger partial charge in [-0.1, -0.05) is 39.5 Å². The van der Waals surface area contributed by atoms with Crippen molar-refractivity contribution in [2.45, 2.75) is 52.4 Å². The summed E-state index contributed by atoms with van der Waals surface area (Å²) in [6, 6.07) is 0. The van der Waals surface area contributed by atoms with Gasteiger partial charge in [-0.2, -0.15) is 0 Å². The molecule has 0 aliphatic heterocycles. The fourth-order valence-corrected chi connectivity index (χ4v) is 2.57. The zero-order valence-corrected chi connectivity index (χ0v) is 8.96. The van der Waals surface area contributed by atoms with Crippen LogP contribution in [0.1, 0.15) is 52.4 Å². The van der Waals surface area contributed by atoms with Gasteiger partial charge in [-0.15, -0.1) is 0 Å². The quantitative estimate of drug-likeness (QED) is 0.609. The second-order valence-electron chi connectivity index (χ2n) is 4.66. The summed E-state index contributed by atoms with van der Waals surface area (Å²) in [5.74, 6) is 2.05. The molecule has 0 aromatic rings. The van der Waals surface area contributed by atoms with Gasteiger partial charge in [0, 0.05) is 5.92 Å². The first-order valence-corrected chi connectivity index (χ1v) is 5.71. The van der Waals surface area contributed by atoms with E-state index in [2.05, 4.69) is 6.92 Å². The van der Waals surface area contributed by atoms with Gasteiger partial charge in [-0.3, -0.25) is 0 Å². The Kier molecular flexibility index (Phi) is 4.47. The minimum Gasteiger partial charge on any atom is -0.303 e. The fraction of sp³-hybridized carbons (Fsp3) is 0.917. The van der Waals surface area contributed by atoms with Crippen molar-refractivity contribution in [3.8, 4) is 0 Å². The smallest absolute Gasteiger partial charge is 0.122 e. The molecule has 1 aliphatic rings. The maximum atomic E-state index is 10.5. The molecule has 1 heteroatoms. The Balaban J connectivity index is 2.29. The second kappa shape index (κ2) is 5.41. The summed E-state index contributed by atoms with van der Waals surface area (Å²) in [5.41, 5.74) is 0. The molecule has 0 N–H and O–H groups in total. The first-order chi connectivity index (χ1) is 6.26. The van der Waals surface area contributed by atoms with Crippen LogP contribution in [0.15, 0.2) is 0 Å². The lowest BCUT2D eigenvalue weighted by molar-refractivity contribution is -0.111. The highest BCUT2D eigenvalue weighted by Gasteiger charge is 2.21. The lowest BCUT2D eigenvalue weighted by Gasteiger charge is -2.29. The van der Waals surface area contributed by atoms with Gasteiger partial charge in [-0.25, -0.2) is 0 Å². The highest BCUT2D eigenvalue weighted by molar-refractivity contribution is 5.52. The molecule has 1 fully saturated rings. The Hall–Kier alpha value is -0.330. The maximum Gasteiger partial charge on any atom is 0.122 e. The number of aldehydes is 1. The molecule has 0 bridgehead atoms. The van der Waals surface area contributed by atoms with Gasteiger partial charge < -0.3 is 4.79 Å². The average Bonchev–Trinajstić information content (AvgIpc) is 2.18. The molecule has 1 nitrogen and oxygen atoms in total. The van der Waals surface area contributed by atoms with E-state index >= 15 is 0 Å². The topological polar surface area (TPSA) is 17.1 Å². The van der Waals surface area contributed by atoms with Crippen LogP contribution in [0, 0.1) is 17.8 Å². The van der Waals surface area contributed by atoms with Gasteiger partial charge in [0.05, 0.1) is 0 Å². The van der Waals surface area contributed by atoms with Gasteiger partial charge in [0.1, 0.15) is 6.29 Å². The number of carbonyl (C=O) groups excluding carboxylic acids is 1. The van der Waals surface area contributed by atoms with Crippen molar-refractivity contribution in [1.82, 2.24) is 0 Å². The van der Waals surface area contributed by atoms with Crippen molar-refractivity contribution >= 4 is 6.29 Å². The highest BCUT2D eigenvalue weighted by Crippen LogP contribution is 2.34. The molecular weight excluding hydrogens is 160 g/mol. The van der Waals surface area contributed by atoms with E-state index in [9.17, 15) is 4.79 Å². The van der Waals surface area contributed by atoms with Crippen molar-refractivity contribution in [3.05, 3.63) is 0 Å². The van der Waals surface area contributed by atoms with E-state index in [-0.39, 0.29) is 5.92 Å². The Bertz CT molecular complexity index is 153. The van der Waals surface area contributed by atoms with Crippen LogP contribution in [0.5, 0.6) is 0 Å². The van der Waals surface area contributed by atoms with Gasteiger partial charge in [0.2, 0.25) is 0 Å². The lowest BCUT2D eigenvalue weighted by Crippen LogP contribution is -2.17. The molecule has 0 aromatic carbocycles. The van der Waals surface area contributed by atoms with Crippen LogP contribution < -0.4 is 0 Å². The molecule has 1 aliphatic carbocycles. The molecule has 0 aromatic heterocycles. The molecule has 0 saturated heterocycles. The lowest BCUT2D eigenvalue weighted by atomic mass is 9.77. The van der Waals surface area contributed by atoms with Crippen LogP contribution in [-0.2, 0) is 4.79 Å². The van der Waals surface area contributed by atoms with Crippen LogP contribution in [0.25, 0.3) is 0 Å². The monoisotopic (exact) mass is 182 g/mol. The third-order valence-corrected chi connectivity index (χ3v) is 3.41. The minimum absolute atomic E-state index is 0.278. The van der Waals surface area contributed by atoms with E-state index in [0.29, 0.717) is 0 Å². The molecular formula is C12H22O. The molecule has 3 unspecified atom stereocenters. The SMILES string of the molecule is CCC1CCCC(CC(C)C=O)C1. The highest BCUT2D eigenvalue weighted by atomic mass is 16.1. The Morgan fingerprint density at radius 1 is 1.38 bits per heavy atom. The molecule has 3 atom stereocenters. The summed E-state index contributed by atoms with van der Waals surface area (Å²) in [5, 5.41) is 0. The molecule has 13 heavy (non-hydrogen) atoms. The van der Waals surface area contributed by atoms with E-state index in [1.165, 1.54) is 32.1 Å². The van der Waals surface area contributed by atoms with Crippen molar-refractivity contribution in [2.24, 2.45) is 17.8 Å². The third-order valence-electron chi connectivity index (χ3n) is 3.41. The molecule has 0 amide bonds. The zero-order chi connectivity index (χ0) is 9.68. The number of carbonyl (C=O) groups is 1. The predicted octanol–water partition coefficient (Wildman–Crippen LogP) is 3.43. The van der Waals surface area contributed by atoms with E-state index in [1.54, 1.807) is 0 Å². The molecule has 1 saturated carbocycles. The van der Waals surface area contributed by atoms with Crippen LogP contribution >= 0.6 is 0 Å². The summed E-state index contributed by atoms with van der Waals surface area (Å²) in [6.07, 6.45) is 9.09. The maximum absolute atomic E-state index is 10.5. The molecule has 76 valence electrons. The average molecular weight is 182 g/mol. The fourth-order valence-electron chi connectivity index (χ4n) is 2.57. The Labute approximate surface area is 81.9 Å². The van der Waals surface area contributed by atoms with Crippen LogP contribution in [0.4, 0.5) is 0 Å². The van der Waals surface area contributed by atoms with E-state index in [4.69, 9.17) is 0 Å². The summed E-state index contributed by atoms with van der Waals surface area (Å²) in [4.78, 5) is 10.5. The number of rotatable bonds is 4. The Morgan fingerprint density at radius 2 is 2.08 bits per heavy atom. The minimum atomic E-state index is 0.278. The van der Waals surface area contributed by atoms with Gasteiger partial charge in [0.25, 0.3) is 0 Å². The molecule has 0 heterocycles. The first kappa shape index (κ1) is 10.7. The standard InChI is InChI=1S/C12H22O/c1-3-11-5-4-6-12(8-11)7-10(2)9-13/h9-12H,3-8H2,1-2H3. The Morgan fingerprint density at radius 3 is 2.69 bits per heavy atom. The van der Waals surface area contributed by atoms with E-state index in [0.717, 1.165) is 24.5 Å². The normalized spacial score (nSPS) is 31.2. The summed E-state index contributed by atoms with van der Waals surface area (Å²) < 4.78 is 0. The van der Waals surface area contributed by atoms with Crippen LogP contribution in [-0.4, -0.2) is 6.29 Å². The first-order valence-electron chi connectivity index (χ1n) is 5.71.